The molecule has 172 valence electrons. The lowest BCUT2D eigenvalue weighted by atomic mass is 10.1. The third-order valence-corrected chi connectivity index (χ3v) is 6.37. The first-order valence-corrected chi connectivity index (χ1v) is 11.8. The molecular formula is C27H31N3O2S. The minimum atomic E-state index is -0.313. The number of urea groups is 1. The fraction of sp³-hybridized carbons (Fsp3) is 0.259. The van der Waals surface area contributed by atoms with Gasteiger partial charge in [0.25, 0.3) is 0 Å². The number of aryl methyl sites for hydroxylation is 3. The van der Waals surface area contributed by atoms with E-state index in [0.29, 0.717) is 13.1 Å². The number of rotatable bonds is 9. The number of carbonyl (C=O) groups is 2. The lowest BCUT2D eigenvalue weighted by Gasteiger charge is -2.27. The third-order valence-electron chi connectivity index (χ3n) is 5.39. The molecule has 0 bridgehead atoms. The van der Waals surface area contributed by atoms with Crippen LogP contribution in [0.3, 0.4) is 0 Å². The molecule has 0 aliphatic carbocycles. The minimum absolute atomic E-state index is 0.0278. The van der Waals surface area contributed by atoms with Crippen LogP contribution in [0.15, 0.2) is 73.3 Å². The lowest BCUT2D eigenvalue weighted by molar-refractivity contribution is -0.132. The molecule has 0 spiro atoms. The van der Waals surface area contributed by atoms with Gasteiger partial charge < -0.3 is 15.1 Å². The van der Waals surface area contributed by atoms with Crippen molar-refractivity contribution in [1.29, 1.82) is 0 Å². The van der Waals surface area contributed by atoms with Crippen LogP contribution < -0.4 is 5.32 Å². The molecule has 5 nitrogen and oxygen atoms in total. The fourth-order valence-corrected chi connectivity index (χ4v) is 4.54. The van der Waals surface area contributed by atoms with E-state index in [0.717, 1.165) is 27.3 Å². The molecule has 0 saturated heterocycles. The Bertz CT molecular complexity index is 1090. The average Bonchev–Trinajstić information content (AvgIpc) is 3.20. The van der Waals surface area contributed by atoms with Crippen molar-refractivity contribution in [3.8, 4) is 0 Å². The summed E-state index contributed by atoms with van der Waals surface area (Å²) in [6, 6.07) is 19.6. The van der Waals surface area contributed by atoms with Crippen LogP contribution in [-0.4, -0.2) is 34.8 Å². The van der Waals surface area contributed by atoms with E-state index in [1.54, 1.807) is 17.4 Å². The van der Waals surface area contributed by atoms with Crippen LogP contribution in [0.5, 0.6) is 0 Å². The van der Waals surface area contributed by atoms with Gasteiger partial charge in [-0.2, -0.15) is 0 Å². The molecule has 33 heavy (non-hydrogen) atoms. The molecular weight excluding hydrogens is 430 g/mol. The van der Waals surface area contributed by atoms with Gasteiger partial charge in [0.05, 0.1) is 6.54 Å². The summed E-state index contributed by atoms with van der Waals surface area (Å²) in [7, 11) is 0. The number of nitrogens with one attached hydrogen (secondary N) is 1. The van der Waals surface area contributed by atoms with Crippen molar-refractivity contribution in [3.63, 3.8) is 0 Å². The molecule has 0 atom stereocenters. The van der Waals surface area contributed by atoms with E-state index in [-0.39, 0.29) is 25.0 Å². The van der Waals surface area contributed by atoms with Gasteiger partial charge in [0, 0.05) is 28.5 Å². The molecule has 3 amide bonds. The van der Waals surface area contributed by atoms with Gasteiger partial charge >= 0.3 is 6.03 Å². The predicted octanol–water partition coefficient (Wildman–Crippen LogP) is 5.92. The first kappa shape index (κ1) is 24.3. The summed E-state index contributed by atoms with van der Waals surface area (Å²) >= 11 is 1.68. The number of hydrogen-bond acceptors (Lipinski definition) is 3. The van der Waals surface area contributed by atoms with Gasteiger partial charge in [0.15, 0.2) is 0 Å². The van der Waals surface area contributed by atoms with Gasteiger partial charge in [0.2, 0.25) is 5.91 Å². The number of benzene rings is 2. The first-order valence-electron chi connectivity index (χ1n) is 11.0. The van der Waals surface area contributed by atoms with E-state index in [4.69, 9.17) is 0 Å². The molecule has 0 unspecified atom stereocenters. The molecule has 0 radical (unpaired) electrons. The van der Waals surface area contributed by atoms with Crippen molar-refractivity contribution in [2.75, 3.05) is 18.4 Å². The highest BCUT2D eigenvalue weighted by atomic mass is 32.1. The van der Waals surface area contributed by atoms with Crippen molar-refractivity contribution in [1.82, 2.24) is 9.80 Å². The Kier molecular flexibility index (Phi) is 8.44. The minimum Gasteiger partial charge on any atom is -0.332 e. The Morgan fingerprint density at radius 1 is 0.909 bits per heavy atom. The van der Waals surface area contributed by atoms with Gasteiger partial charge in [-0.15, -0.1) is 17.9 Å². The molecule has 1 N–H and O–H groups in total. The van der Waals surface area contributed by atoms with E-state index in [1.165, 1.54) is 9.78 Å². The largest absolute Gasteiger partial charge is 0.332 e. The SMILES string of the molecule is C=CCN(CC(=O)N(Cc1ccccc1)Cc1ccc(C)s1)C(=O)Nc1c(C)cccc1C. The van der Waals surface area contributed by atoms with E-state index in [2.05, 4.69) is 31.0 Å². The zero-order valence-electron chi connectivity index (χ0n) is 19.5. The molecule has 0 fully saturated rings. The monoisotopic (exact) mass is 461 g/mol. The Labute approximate surface area is 200 Å². The molecule has 6 heteroatoms. The second-order valence-electron chi connectivity index (χ2n) is 8.11. The highest BCUT2D eigenvalue weighted by Gasteiger charge is 2.22. The van der Waals surface area contributed by atoms with E-state index >= 15 is 0 Å². The maximum atomic E-state index is 13.4. The van der Waals surface area contributed by atoms with Crippen LogP contribution in [0.4, 0.5) is 10.5 Å². The van der Waals surface area contributed by atoms with Gasteiger partial charge in [0.1, 0.15) is 6.54 Å². The average molecular weight is 462 g/mol. The predicted molar refractivity (Wildman–Crippen MR) is 136 cm³/mol. The lowest BCUT2D eigenvalue weighted by Crippen LogP contribution is -2.44. The standard InChI is InChI=1S/C27H31N3O2S/c1-5-16-29(27(32)28-26-20(2)10-9-11-21(26)3)19-25(31)30(17-23-12-7-6-8-13-23)18-24-15-14-22(4)33-24/h5-15H,1,16-19H2,2-4H3,(H,28,32). The molecule has 1 aromatic heterocycles. The van der Waals surface area contributed by atoms with E-state index < -0.39 is 0 Å². The van der Waals surface area contributed by atoms with Crippen molar-refractivity contribution in [2.24, 2.45) is 0 Å². The summed E-state index contributed by atoms with van der Waals surface area (Å²) in [6.45, 7) is 11.0. The third kappa shape index (κ3) is 6.80. The molecule has 1 heterocycles. The van der Waals surface area contributed by atoms with Crippen molar-refractivity contribution in [3.05, 3.63) is 99.8 Å². The number of carbonyl (C=O) groups excluding carboxylic acids is 2. The Balaban J connectivity index is 1.77. The van der Waals surface area contributed by atoms with Gasteiger partial charge in [-0.05, 0) is 49.6 Å². The number of para-hydroxylation sites is 1. The van der Waals surface area contributed by atoms with Gasteiger partial charge in [-0.25, -0.2) is 4.79 Å². The molecule has 3 aromatic rings. The molecule has 0 saturated carbocycles. The molecule has 0 aliphatic heterocycles. The fourth-order valence-electron chi connectivity index (χ4n) is 3.63. The Morgan fingerprint density at radius 3 is 2.21 bits per heavy atom. The van der Waals surface area contributed by atoms with Gasteiger partial charge in [-0.1, -0.05) is 54.6 Å². The second kappa shape index (κ2) is 11.5. The van der Waals surface area contributed by atoms with Crippen LogP contribution >= 0.6 is 11.3 Å². The smallest absolute Gasteiger partial charge is 0.322 e. The van der Waals surface area contributed by atoms with Crippen LogP contribution in [0.25, 0.3) is 0 Å². The van der Waals surface area contributed by atoms with Gasteiger partial charge in [-0.3, -0.25) is 4.79 Å². The molecule has 3 rings (SSSR count). The van der Waals surface area contributed by atoms with Crippen molar-refractivity contribution in [2.45, 2.75) is 33.9 Å². The number of nitrogens with zero attached hydrogens (tertiary/aromatic N) is 2. The van der Waals surface area contributed by atoms with E-state index in [1.807, 2.05) is 67.3 Å². The summed E-state index contributed by atoms with van der Waals surface area (Å²) < 4.78 is 0. The number of hydrogen-bond donors (Lipinski definition) is 1. The second-order valence-corrected chi connectivity index (χ2v) is 9.49. The summed E-state index contributed by atoms with van der Waals surface area (Å²) in [5.74, 6) is -0.108. The topological polar surface area (TPSA) is 52.7 Å². The zero-order chi connectivity index (χ0) is 23.8. The summed E-state index contributed by atoms with van der Waals surface area (Å²) in [5.41, 5.74) is 3.78. The van der Waals surface area contributed by atoms with E-state index in [9.17, 15) is 9.59 Å². The van der Waals surface area contributed by atoms with Crippen molar-refractivity contribution >= 4 is 29.0 Å². The number of amides is 3. The normalized spacial score (nSPS) is 10.5. The summed E-state index contributed by atoms with van der Waals surface area (Å²) in [4.78, 5) is 32.1. The van der Waals surface area contributed by atoms with Crippen molar-refractivity contribution < 1.29 is 9.59 Å². The summed E-state index contributed by atoms with van der Waals surface area (Å²) in [5, 5.41) is 2.98. The maximum absolute atomic E-state index is 13.4. The first-order chi connectivity index (χ1) is 15.9. The van der Waals surface area contributed by atoms with Crippen LogP contribution in [-0.2, 0) is 17.9 Å². The quantitative estimate of drug-likeness (QED) is 0.402. The van der Waals surface area contributed by atoms with Crippen LogP contribution in [0.1, 0.15) is 26.4 Å². The summed E-state index contributed by atoms with van der Waals surface area (Å²) in [6.07, 6.45) is 1.64. The van der Waals surface area contributed by atoms with Crippen LogP contribution in [0.2, 0.25) is 0 Å². The van der Waals surface area contributed by atoms with Crippen LogP contribution in [0, 0.1) is 20.8 Å². The molecule has 2 aromatic carbocycles. The maximum Gasteiger partial charge on any atom is 0.322 e. The number of anilines is 1. The Hall–Kier alpha value is -3.38. The highest BCUT2D eigenvalue weighted by molar-refractivity contribution is 7.11. The zero-order valence-corrected chi connectivity index (χ0v) is 20.3. The highest BCUT2D eigenvalue weighted by Crippen LogP contribution is 2.21. The molecule has 0 aliphatic rings. The Morgan fingerprint density at radius 2 is 1.61 bits per heavy atom. The number of thiophene rings is 1.